The van der Waals surface area contributed by atoms with Gasteiger partial charge in [-0.25, -0.2) is 0 Å². The van der Waals surface area contributed by atoms with E-state index in [1.54, 1.807) is 0 Å². The fourth-order valence-corrected chi connectivity index (χ4v) is 5.12. The molecule has 3 aromatic carbocycles. The maximum Gasteiger partial charge on any atom is 0.303 e. The fourth-order valence-electron chi connectivity index (χ4n) is 3.98. The topological polar surface area (TPSA) is 61.8 Å². The lowest BCUT2D eigenvalue weighted by molar-refractivity contribution is -0.136. The average Bonchev–Trinajstić information content (AvgIpc) is 3.14. The van der Waals surface area contributed by atoms with Crippen LogP contribution >= 0.6 is 11.8 Å². The molecular weight excluding hydrogens is 444 g/mol. The molecule has 0 aliphatic carbocycles. The number of benzene rings is 3. The van der Waals surface area contributed by atoms with Crippen LogP contribution in [0.2, 0.25) is 0 Å². The molecule has 1 aliphatic rings. The average molecular weight is 475 g/mol. The molecule has 0 aromatic heterocycles. The van der Waals surface area contributed by atoms with Gasteiger partial charge in [-0.1, -0.05) is 78.5 Å². The Balaban J connectivity index is 1.25. The summed E-state index contributed by atoms with van der Waals surface area (Å²) in [6, 6.07) is 26.6. The van der Waals surface area contributed by atoms with Crippen LogP contribution in [0.5, 0.6) is 5.75 Å². The number of allylic oxidation sites excluding steroid dienone is 1. The molecule has 0 bridgehead atoms. The molecule has 0 amide bonds. The molecule has 1 heterocycles. The Bertz CT molecular complexity index is 1130. The maximum atomic E-state index is 10.7. The van der Waals surface area contributed by atoms with Crippen LogP contribution in [-0.4, -0.2) is 28.5 Å². The summed E-state index contributed by atoms with van der Waals surface area (Å²) in [5, 5.41) is 12.4. The number of hydrogen-bond donors (Lipinski definition) is 2. The molecule has 3 aromatic rings. The lowest BCUT2D eigenvalue weighted by Gasteiger charge is -2.25. The lowest BCUT2D eigenvalue weighted by atomic mass is 10.1. The third-order valence-corrected chi connectivity index (χ3v) is 7.09. The molecule has 6 heteroatoms. The van der Waals surface area contributed by atoms with Crippen LogP contribution in [0, 0.1) is 0 Å². The minimum absolute atomic E-state index is 0.140. The number of carbonyl (C=O) groups is 1. The fraction of sp³-hybridized carbons (Fsp3) is 0.250. The highest BCUT2D eigenvalue weighted by Gasteiger charge is 2.28. The zero-order chi connectivity index (χ0) is 23.9. The summed E-state index contributed by atoms with van der Waals surface area (Å²) in [4.78, 5) is 14.3. The Labute approximate surface area is 205 Å². The van der Waals surface area contributed by atoms with Gasteiger partial charge < -0.3 is 14.7 Å². The van der Waals surface area contributed by atoms with Gasteiger partial charge in [0, 0.05) is 24.9 Å². The highest BCUT2D eigenvalue weighted by Crippen LogP contribution is 2.40. The van der Waals surface area contributed by atoms with Gasteiger partial charge >= 0.3 is 5.97 Å². The smallest absolute Gasteiger partial charge is 0.303 e. The third-order valence-electron chi connectivity index (χ3n) is 5.83. The second kappa shape index (κ2) is 11.3. The Morgan fingerprint density at radius 1 is 0.971 bits per heavy atom. The van der Waals surface area contributed by atoms with Crippen molar-refractivity contribution in [2.45, 2.75) is 38.4 Å². The van der Waals surface area contributed by atoms with Gasteiger partial charge in [0.2, 0.25) is 0 Å². The predicted molar refractivity (Wildman–Crippen MR) is 138 cm³/mol. The number of carboxylic acid groups (broad SMARTS) is 1. The molecule has 0 spiro atoms. The molecule has 0 saturated heterocycles. The molecule has 0 radical (unpaired) electrons. The summed E-state index contributed by atoms with van der Waals surface area (Å²) >= 11 is 1.86. The van der Waals surface area contributed by atoms with Crippen LogP contribution in [0.1, 0.15) is 35.6 Å². The Morgan fingerprint density at radius 3 is 2.29 bits per heavy atom. The highest BCUT2D eigenvalue weighted by atomic mass is 32.2. The zero-order valence-electron chi connectivity index (χ0n) is 19.5. The SMILES string of the molecule is CC1=C(c2ccccc2)N(C)C(NCc2ccc(COc3ccc(CCC(=O)O)cc3)cc2)S1. The second-order valence-electron chi connectivity index (χ2n) is 8.38. The van der Waals surface area contributed by atoms with Crippen LogP contribution < -0.4 is 10.1 Å². The Morgan fingerprint density at radius 2 is 1.62 bits per heavy atom. The van der Waals surface area contributed by atoms with Crippen molar-refractivity contribution < 1.29 is 14.6 Å². The van der Waals surface area contributed by atoms with Gasteiger partial charge in [0.25, 0.3) is 0 Å². The first kappa shape index (κ1) is 23.9. The molecule has 1 atom stereocenters. The first-order valence-corrected chi connectivity index (χ1v) is 12.3. The molecule has 2 N–H and O–H groups in total. The molecule has 34 heavy (non-hydrogen) atoms. The van der Waals surface area contributed by atoms with E-state index in [4.69, 9.17) is 9.84 Å². The molecule has 5 nitrogen and oxygen atoms in total. The van der Waals surface area contributed by atoms with Crippen molar-refractivity contribution in [2.75, 3.05) is 7.05 Å². The van der Waals surface area contributed by atoms with Gasteiger partial charge in [-0.05, 0) is 47.7 Å². The number of rotatable bonds is 10. The number of aliphatic carboxylic acids is 1. The van der Waals surface area contributed by atoms with E-state index in [-0.39, 0.29) is 11.9 Å². The van der Waals surface area contributed by atoms with Crippen LogP contribution in [0.15, 0.2) is 83.8 Å². The van der Waals surface area contributed by atoms with E-state index in [9.17, 15) is 4.79 Å². The Kier molecular flexibility index (Phi) is 7.93. The molecule has 0 saturated carbocycles. The first-order valence-electron chi connectivity index (χ1n) is 11.4. The number of nitrogens with one attached hydrogen (secondary N) is 1. The van der Waals surface area contributed by atoms with Crippen molar-refractivity contribution in [2.24, 2.45) is 0 Å². The summed E-state index contributed by atoms with van der Waals surface area (Å²) in [5.41, 5.74) is 6.07. The predicted octanol–water partition coefficient (Wildman–Crippen LogP) is 5.72. The van der Waals surface area contributed by atoms with Crippen molar-refractivity contribution >= 4 is 23.4 Å². The minimum Gasteiger partial charge on any atom is -0.489 e. The summed E-state index contributed by atoms with van der Waals surface area (Å²) in [6.45, 7) is 3.47. The normalized spacial score (nSPS) is 15.6. The van der Waals surface area contributed by atoms with Crippen molar-refractivity contribution in [1.29, 1.82) is 0 Å². The largest absolute Gasteiger partial charge is 0.489 e. The van der Waals surface area contributed by atoms with Crippen LogP contribution in [0.25, 0.3) is 5.70 Å². The number of thioether (sulfide) groups is 1. The summed E-state index contributed by atoms with van der Waals surface area (Å²) in [5.74, 6) is -0.0000840. The third kappa shape index (κ3) is 6.22. The van der Waals surface area contributed by atoms with Gasteiger partial charge in [-0.3, -0.25) is 10.1 Å². The van der Waals surface area contributed by atoms with Gasteiger partial charge in [0.15, 0.2) is 0 Å². The number of aryl methyl sites for hydroxylation is 1. The van der Waals surface area contributed by atoms with E-state index in [1.165, 1.54) is 21.7 Å². The van der Waals surface area contributed by atoms with E-state index in [2.05, 4.69) is 72.7 Å². The molecule has 176 valence electrons. The van der Waals surface area contributed by atoms with Crippen molar-refractivity contribution in [3.8, 4) is 5.75 Å². The van der Waals surface area contributed by atoms with Gasteiger partial charge in [0.05, 0.1) is 5.70 Å². The Hall–Kier alpha value is -3.22. The summed E-state index contributed by atoms with van der Waals surface area (Å²) in [7, 11) is 2.14. The molecule has 1 aliphatic heterocycles. The van der Waals surface area contributed by atoms with Crippen molar-refractivity contribution in [3.05, 3.63) is 106 Å². The molecular formula is C28H30N2O3S. The molecule has 0 fully saturated rings. The van der Waals surface area contributed by atoms with E-state index >= 15 is 0 Å². The summed E-state index contributed by atoms with van der Waals surface area (Å²) in [6.07, 6.45) is 0.672. The number of carboxylic acids is 1. The van der Waals surface area contributed by atoms with E-state index in [0.717, 1.165) is 23.4 Å². The number of ether oxygens (including phenoxy) is 1. The van der Waals surface area contributed by atoms with Gasteiger partial charge in [-0.15, -0.1) is 0 Å². The van der Waals surface area contributed by atoms with Gasteiger partial charge in [-0.2, -0.15) is 0 Å². The maximum absolute atomic E-state index is 10.7. The van der Waals surface area contributed by atoms with Crippen LogP contribution in [-0.2, 0) is 24.4 Å². The minimum atomic E-state index is -0.781. The number of hydrogen-bond acceptors (Lipinski definition) is 5. The van der Waals surface area contributed by atoms with E-state index in [0.29, 0.717) is 13.0 Å². The highest BCUT2D eigenvalue weighted by molar-refractivity contribution is 8.04. The zero-order valence-corrected chi connectivity index (χ0v) is 20.3. The lowest BCUT2D eigenvalue weighted by Crippen LogP contribution is -2.36. The second-order valence-corrected chi connectivity index (χ2v) is 9.67. The first-order chi connectivity index (χ1) is 16.5. The van der Waals surface area contributed by atoms with Crippen LogP contribution in [0.4, 0.5) is 0 Å². The number of nitrogens with zero attached hydrogens (tertiary/aromatic N) is 1. The monoisotopic (exact) mass is 474 g/mol. The van der Waals surface area contributed by atoms with Crippen LogP contribution in [0.3, 0.4) is 0 Å². The van der Waals surface area contributed by atoms with Gasteiger partial charge in [0.1, 0.15) is 17.9 Å². The van der Waals surface area contributed by atoms with E-state index < -0.39 is 5.97 Å². The quantitative estimate of drug-likeness (QED) is 0.392. The molecule has 1 unspecified atom stereocenters. The van der Waals surface area contributed by atoms with Crippen molar-refractivity contribution in [3.63, 3.8) is 0 Å². The van der Waals surface area contributed by atoms with Crippen molar-refractivity contribution in [1.82, 2.24) is 10.2 Å². The summed E-state index contributed by atoms with van der Waals surface area (Å²) < 4.78 is 5.89. The standard InChI is InChI=1S/C28H30N2O3S/c1-20-27(24-6-4-3-5-7-24)30(2)28(34-20)29-18-22-8-10-23(11-9-22)19-33-25-15-12-21(13-16-25)14-17-26(31)32/h3-13,15-16,28-29H,14,17-19H2,1-2H3,(H,31,32). The van der Waals surface area contributed by atoms with E-state index in [1.807, 2.05) is 42.1 Å². The molecule has 4 rings (SSSR count).